The lowest BCUT2D eigenvalue weighted by atomic mass is 9.86. The highest BCUT2D eigenvalue weighted by Gasteiger charge is 2.36. The zero-order valence-corrected chi connectivity index (χ0v) is 14.7. The van der Waals surface area contributed by atoms with Gasteiger partial charge in [-0.1, -0.05) is 31.9 Å². The molecule has 0 saturated carbocycles. The van der Waals surface area contributed by atoms with Gasteiger partial charge >= 0.3 is 0 Å². The Bertz CT molecular complexity index is 444. The molecule has 1 rings (SSSR count). The predicted octanol–water partition coefficient (Wildman–Crippen LogP) is 3.76. The van der Waals surface area contributed by atoms with Gasteiger partial charge in [0.1, 0.15) is 11.5 Å². The maximum Gasteiger partial charge on any atom is 0.156 e. The van der Waals surface area contributed by atoms with Crippen molar-refractivity contribution in [1.29, 1.82) is 0 Å². The fourth-order valence-electron chi connectivity index (χ4n) is 1.62. The van der Waals surface area contributed by atoms with E-state index in [1.54, 1.807) is 12.1 Å². The molecular formula is C14H18Br2O3. The van der Waals surface area contributed by atoms with Gasteiger partial charge in [-0.05, 0) is 39.8 Å². The largest absolute Gasteiger partial charge is 0.464 e. The van der Waals surface area contributed by atoms with Crippen molar-refractivity contribution in [2.45, 2.75) is 38.5 Å². The number of hydrogen-bond acceptors (Lipinski definition) is 3. The summed E-state index contributed by atoms with van der Waals surface area (Å²) in [6, 6.07) is 3.55. The van der Waals surface area contributed by atoms with Gasteiger partial charge in [0.15, 0.2) is 11.6 Å². The van der Waals surface area contributed by atoms with Crippen molar-refractivity contribution in [1.82, 2.24) is 0 Å². The van der Waals surface area contributed by atoms with E-state index in [1.807, 2.05) is 27.7 Å². The fourth-order valence-corrected chi connectivity index (χ4v) is 3.02. The lowest BCUT2D eigenvalue weighted by Gasteiger charge is -2.22. The number of halogens is 2. The second-order valence-corrected chi connectivity index (χ2v) is 6.65. The molecule has 1 heterocycles. The third-order valence-electron chi connectivity index (χ3n) is 3.47. The number of hydrogen-bond donors (Lipinski definition) is 0. The fraction of sp³-hybridized carbons (Fsp3) is 0.571. The summed E-state index contributed by atoms with van der Waals surface area (Å²) in [7, 11) is 0. The maximum atomic E-state index is 11.9. The molecule has 0 N–H and O–H groups in total. The molecule has 0 unspecified atom stereocenters. The molecule has 0 aliphatic rings. The van der Waals surface area contributed by atoms with Crippen LogP contribution >= 0.6 is 31.9 Å². The van der Waals surface area contributed by atoms with Crippen molar-refractivity contribution < 1.29 is 14.0 Å². The van der Waals surface area contributed by atoms with Gasteiger partial charge in [-0.15, -0.1) is 0 Å². The van der Waals surface area contributed by atoms with Gasteiger partial charge in [-0.25, -0.2) is 0 Å². The van der Waals surface area contributed by atoms with E-state index in [1.165, 1.54) is 0 Å². The zero-order valence-electron chi connectivity index (χ0n) is 11.5. The minimum absolute atomic E-state index is 0.0398. The van der Waals surface area contributed by atoms with Gasteiger partial charge < -0.3 is 4.42 Å². The van der Waals surface area contributed by atoms with Crippen molar-refractivity contribution in [3.8, 4) is 0 Å². The third-order valence-corrected chi connectivity index (χ3v) is 4.49. The highest BCUT2D eigenvalue weighted by Crippen LogP contribution is 2.32. The van der Waals surface area contributed by atoms with Crippen molar-refractivity contribution in [3.05, 3.63) is 23.7 Å². The molecular weight excluding hydrogens is 376 g/mol. The van der Waals surface area contributed by atoms with Crippen LogP contribution in [0.2, 0.25) is 0 Å². The maximum absolute atomic E-state index is 11.9. The number of alkyl halides is 2. The van der Waals surface area contributed by atoms with Gasteiger partial charge in [0.2, 0.25) is 0 Å². The number of furan rings is 1. The molecule has 1 aromatic heterocycles. The first-order valence-corrected chi connectivity index (χ1v) is 8.21. The first-order valence-electron chi connectivity index (χ1n) is 5.97. The number of Topliss-reactive ketones (excluding diaryl/α,β-unsaturated/α-hetero) is 2. The van der Waals surface area contributed by atoms with Crippen LogP contribution in [0.1, 0.15) is 39.2 Å². The molecule has 0 spiro atoms. The molecule has 0 aliphatic heterocycles. The summed E-state index contributed by atoms with van der Waals surface area (Å²) in [6.45, 7) is 7.27. The second kappa shape index (κ2) is 5.92. The standard InChI is InChI=1S/C14H18Br2O3/c1-13(2,9(17)7-15)11-5-6-12(19-11)14(3,4)10(18)8-16/h5-6H,7-8H2,1-4H3. The zero-order chi connectivity index (χ0) is 14.8. The van der Waals surface area contributed by atoms with E-state index in [-0.39, 0.29) is 22.2 Å². The Kier molecular flexibility index (Phi) is 5.18. The monoisotopic (exact) mass is 392 g/mol. The van der Waals surface area contributed by atoms with E-state index in [0.29, 0.717) is 11.5 Å². The molecule has 0 bridgehead atoms. The first-order chi connectivity index (χ1) is 8.67. The van der Waals surface area contributed by atoms with Crippen LogP contribution in [-0.4, -0.2) is 22.2 Å². The van der Waals surface area contributed by atoms with E-state index in [4.69, 9.17) is 4.42 Å². The van der Waals surface area contributed by atoms with Crippen LogP contribution in [0.25, 0.3) is 0 Å². The quantitative estimate of drug-likeness (QED) is 0.691. The van der Waals surface area contributed by atoms with Crippen LogP contribution in [0.15, 0.2) is 16.5 Å². The minimum atomic E-state index is -0.699. The number of carbonyl (C=O) groups is 2. The van der Waals surface area contributed by atoms with Gasteiger partial charge in [-0.2, -0.15) is 0 Å². The molecule has 3 nitrogen and oxygen atoms in total. The Balaban J connectivity index is 3.14. The predicted molar refractivity (Wildman–Crippen MR) is 82.4 cm³/mol. The summed E-state index contributed by atoms with van der Waals surface area (Å²) in [4.78, 5) is 23.8. The highest BCUT2D eigenvalue weighted by molar-refractivity contribution is 9.09. The lowest BCUT2D eigenvalue weighted by molar-refractivity contribution is -0.121. The Morgan fingerprint density at radius 1 is 0.947 bits per heavy atom. The van der Waals surface area contributed by atoms with Gasteiger partial charge in [0.25, 0.3) is 0 Å². The topological polar surface area (TPSA) is 47.3 Å². The van der Waals surface area contributed by atoms with E-state index in [9.17, 15) is 9.59 Å². The van der Waals surface area contributed by atoms with E-state index in [0.717, 1.165) is 0 Å². The van der Waals surface area contributed by atoms with Crippen LogP contribution in [0, 0.1) is 0 Å². The number of rotatable bonds is 6. The second-order valence-electron chi connectivity index (χ2n) is 5.53. The normalized spacial score (nSPS) is 12.5. The molecule has 106 valence electrons. The third kappa shape index (κ3) is 3.19. The number of ketones is 2. The summed E-state index contributed by atoms with van der Waals surface area (Å²) < 4.78 is 5.78. The van der Waals surface area contributed by atoms with E-state index >= 15 is 0 Å². The molecule has 5 heteroatoms. The molecule has 1 aromatic rings. The Labute approximate surface area is 130 Å². The van der Waals surface area contributed by atoms with Crippen LogP contribution in [0.3, 0.4) is 0 Å². The molecule has 0 radical (unpaired) electrons. The highest BCUT2D eigenvalue weighted by atomic mass is 79.9. The summed E-state index contributed by atoms with van der Waals surface area (Å²) >= 11 is 6.35. The lowest BCUT2D eigenvalue weighted by Crippen LogP contribution is -2.31. The Hall–Kier alpha value is -0.420. The van der Waals surface area contributed by atoms with E-state index < -0.39 is 10.8 Å². The first kappa shape index (κ1) is 16.6. The summed E-state index contributed by atoms with van der Waals surface area (Å²) in [6.07, 6.45) is 0. The number of carbonyl (C=O) groups excluding carboxylic acids is 2. The molecule has 19 heavy (non-hydrogen) atoms. The van der Waals surface area contributed by atoms with Gasteiger partial charge in [-0.3, -0.25) is 9.59 Å². The summed E-state index contributed by atoms with van der Waals surface area (Å²) in [5.41, 5.74) is -1.40. The SMILES string of the molecule is CC(C)(C(=O)CBr)c1ccc(C(C)(C)C(=O)CBr)o1. The summed E-state index contributed by atoms with van der Waals surface area (Å²) in [5, 5.41) is 0.555. The smallest absolute Gasteiger partial charge is 0.156 e. The van der Waals surface area contributed by atoms with Crippen LogP contribution in [0.4, 0.5) is 0 Å². The van der Waals surface area contributed by atoms with Crippen molar-refractivity contribution in [3.63, 3.8) is 0 Å². The Morgan fingerprint density at radius 3 is 1.53 bits per heavy atom. The van der Waals surface area contributed by atoms with Crippen LogP contribution < -0.4 is 0 Å². The molecule has 0 amide bonds. The molecule has 0 atom stereocenters. The van der Waals surface area contributed by atoms with Gasteiger partial charge in [0, 0.05) is 0 Å². The van der Waals surface area contributed by atoms with Crippen LogP contribution in [-0.2, 0) is 20.4 Å². The molecule has 0 aromatic carbocycles. The summed E-state index contributed by atoms with van der Waals surface area (Å²) in [5.74, 6) is 1.25. The van der Waals surface area contributed by atoms with E-state index in [2.05, 4.69) is 31.9 Å². The molecule has 0 fully saturated rings. The average Bonchev–Trinajstić information content (AvgIpc) is 2.87. The van der Waals surface area contributed by atoms with Crippen molar-refractivity contribution >= 4 is 43.4 Å². The average molecular weight is 394 g/mol. The van der Waals surface area contributed by atoms with Crippen molar-refractivity contribution in [2.24, 2.45) is 0 Å². The molecule has 0 saturated heterocycles. The Morgan fingerprint density at radius 2 is 1.26 bits per heavy atom. The van der Waals surface area contributed by atoms with Crippen LogP contribution in [0.5, 0.6) is 0 Å². The van der Waals surface area contributed by atoms with Gasteiger partial charge in [0.05, 0.1) is 21.5 Å². The molecule has 0 aliphatic carbocycles. The minimum Gasteiger partial charge on any atom is -0.464 e. The van der Waals surface area contributed by atoms with Crippen molar-refractivity contribution in [2.75, 3.05) is 10.7 Å².